The van der Waals surface area contributed by atoms with Crippen LogP contribution in [-0.2, 0) is 4.74 Å². The maximum atomic E-state index is 13.6. The van der Waals surface area contributed by atoms with Crippen molar-refractivity contribution in [3.8, 4) is 0 Å². The van der Waals surface area contributed by atoms with Crippen molar-refractivity contribution < 1.29 is 14.1 Å². The molecular formula is C12H15FN2O3. The van der Waals surface area contributed by atoms with Crippen molar-refractivity contribution in [2.45, 2.75) is 24.9 Å². The number of ether oxygens (including phenoxy) is 1. The summed E-state index contributed by atoms with van der Waals surface area (Å²) in [6.07, 6.45) is 3.01. The molecule has 2 rings (SSSR count). The highest BCUT2D eigenvalue weighted by Gasteiger charge is 2.36. The van der Waals surface area contributed by atoms with E-state index < -0.39 is 10.7 Å². The van der Waals surface area contributed by atoms with Crippen LogP contribution >= 0.6 is 0 Å². The number of hydrogen-bond acceptors (Lipinski definition) is 4. The topological polar surface area (TPSA) is 64.4 Å². The molecule has 0 aliphatic heterocycles. The summed E-state index contributed by atoms with van der Waals surface area (Å²) in [5, 5.41) is 13.4. The number of nitrogens with one attached hydrogen (secondary N) is 1. The lowest BCUT2D eigenvalue weighted by Gasteiger charge is -2.40. The van der Waals surface area contributed by atoms with E-state index in [1.165, 1.54) is 12.1 Å². The Labute approximate surface area is 104 Å². The van der Waals surface area contributed by atoms with Crippen molar-refractivity contribution >= 4 is 11.4 Å². The van der Waals surface area contributed by atoms with Crippen molar-refractivity contribution in [2.24, 2.45) is 0 Å². The first-order chi connectivity index (χ1) is 8.56. The smallest absolute Gasteiger partial charge is 0.272 e. The zero-order valence-corrected chi connectivity index (χ0v) is 10.1. The van der Waals surface area contributed by atoms with Crippen LogP contribution in [0.2, 0.25) is 0 Å². The number of hydrogen-bond donors (Lipinski definition) is 1. The highest BCUT2D eigenvalue weighted by Crippen LogP contribution is 2.35. The molecular weight excluding hydrogens is 239 g/mol. The number of rotatable bonds is 5. The molecule has 1 aromatic rings. The number of anilines is 1. The Bertz CT molecular complexity index is 455. The normalized spacial score (nSPS) is 17.0. The molecule has 1 fully saturated rings. The van der Waals surface area contributed by atoms with Crippen LogP contribution in [0.1, 0.15) is 19.3 Å². The minimum atomic E-state index is -0.616. The van der Waals surface area contributed by atoms with Gasteiger partial charge < -0.3 is 10.1 Å². The fraction of sp³-hybridized carbons (Fsp3) is 0.500. The summed E-state index contributed by atoms with van der Waals surface area (Å²) in [7, 11) is 1.65. The number of benzene rings is 1. The van der Waals surface area contributed by atoms with Gasteiger partial charge in [-0.25, -0.2) is 4.39 Å². The zero-order valence-electron chi connectivity index (χ0n) is 10.1. The standard InChI is InChI=1S/C12H15FN2O3/c1-18-12(5-2-6-12)8-14-11-4-3-9(15(16)17)7-10(11)13/h3-4,7,14H,2,5-6,8H2,1H3. The summed E-state index contributed by atoms with van der Waals surface area (Å²) >= 11 is 0. The van der Waals surface area contributed by atoms with Gasteiger partial charge in [0.1, 0.15) is 0 Å². The van der Waals surface area contributed by atoms with Gasteiger partial charge in [-0.05, 0) is 25.3 Å². The van der Waals surface area contributed by atoms with E-state index in [0.717, 1.165) is 25.3 Å². The van der Waals surface area contributed by atoms with E-state index in [2.05, 4.69) is 5.32 Å². The molecule has 5 nitrogen and oxygen atoms in total. The summed E-state index contributed by atoms with van der Waals surface area (Å²) in [5.74, 6) is -0.616. The average Bonchev–Trinajstić information content (AvgIpc) is 2.29. The van der Waals surface area contributed by atoms with E-state index in [9.17, 15) is 14.5 Å². The molecule has 0 aromatic heterocycles. The molecule has 6 heteroatoms. The van der Waals surface area contributed by atoms with Gasteiger partial charge in [0.25, 0.3) is 5.69 Å². The van der Waals surface area contributed by atoms with Crippen molar-refractivity contribution in [1.82, 2.24) is 0 Å². The van der Waals surface area contributed by atoms with Crippen LogP contribution in [0.25, 0.3) is 0 Å². The fourth-order valence-corrected chi connectivity index (χ4v) is 2.04. The Morgan fingerprint density at radius 1 is 1.56 bits per heavy atom. The first kappa shape index (κ1) is 12.8. The molecule has 0 atom stereocenters. The molecule has 0 spiro atoms. The third-order valence-corrected chi connectivity index (χ3v) is 3.46. The van der Waals surface area contributed by atoms with Gasteiger partial charge in [0, 0.05) is 19.7 Å². The summed E-state index contributed by atoms with van der Waals surface area (Å²) in [4.78, 5) is 9.87. The number of halogens is 1. The number of nitro groups is 1. The van der Waals surface area contributed by atoms with E-state index in [4.69, 9.17) is 4.74 Å². The lowest BCUT2D eigenvalue weighted by Crippen LogP contribution is -2.45. The van der Waals surface area contributed by atoms with Crippen LogP contribution in [0.5, 0.6) is 0 Å². The summed E-state index contributed by atoms with van der Waals surface area (Å²) in [5.41, 5.74) is -0.194. The first-order valence-electron chi connectivity index (χ1n) is 5.79. The minimum absolute atomic E-state index is 0.214. The SMILES string of the molecule is COC1(CNc2ccc([N+](=O)[O-])cc2F)CCC1. The van der Waals surface area contributed by atoms with E-state index in [1.807, 2.05) is 0 Å². The van der Waals surface area contributed by atoms with E-state index in [1.54, 1.807) is 7.11 Å². The molecule has 1 aromatic carbocycles. The average molecular weight is 254 g/mol. The second kappa shape index (κ2) is 4.89. The molecule has 0 amide bonds. The van der Waals surface area contributed by atoms with Gasteiger partial charge >= 0.3 is 0 Å². The lowest BCUT2D eigenvalue weighted by atomic mass is 9.80. The highest BCUT2D eigenvalue weighted by atomic mass is 19.1. The van der Waals surface area contributed by atoms with E-state index in [0.29, 0.717) is 6.54 Å². The lowest BCUT2D eigenvalue weighted by molar-refractivity contribution is -0.385. The quantitative estimate of drug-likeness (QED) is 0.648. The van der Waals surface area contributed by atoms with Crippen LogP contribution in [-0.4, -0.2) is 24.2 Å². The monoisotopic (exact) mass is 254 g/mol. The molecule has 1 saturated carbocycles. The first-order valence-corrected chi connectivity index (χ1v) is 5.79. The Morgan fingerprint density at radius 2 is 2.28 bits per heavy atom. The Hall–Kier alpha value is -1.69. The summed E-state index contributed by atoms with van der Waals surface area (Å²) in [6.45, 7) is 0.512. The summed E-state index contributed by atoms with van der Waals surface area (Å²) < 4.78 is 19.0. The number of methoxy groups -OCH3 is 1. The predicted molar refractivity (Wildman–Crippen MR) is 65.1 cm³/mol. The van der Waals surface area contributed by atoms with E-state index in [-0.39, 0.29) is 17.0 Å². The van der Waals surface area contributed by atoms with Crippen LogP contribution in [0.15, 0.2) is 18.2 Å². The Kier molecular flexibility index (Phi) is 3.47. The van der Waals surface area contributed by atoms with Crippen LogP contribution < -0.4 is 5.32 Å². The van der Waals surface area contributed by atoms with Crippen molar-refractivity contribution in [2.75, 3.05) is 19.0 Å². The van der Waals surface area contributed by atoms with Gasteiger partial charge in [-0.2, -0.15) is 0 Å². The third kappa shape index (κ3) is 2.43. The molecule has 1 N–H and O–H groups in total. The van der Waals surface area contributed by atoms with Crippen LogP contribution in [0, 0.1) is 15.9 Å². The Morgan fingerprint density at radius 3 is 2.72 bits per heavy atom. The molecule has 0 unspecified atom stereocenters. The molecule has 0 heterocycles. The van der Waals surface area contributed by atoms with Crippen LogP contribution in [0.3, 0.4) is 0 Å². The van der Waals surface area contributed by atoms with Crippen molar-refractivity contribution in [1.29, 1.82) is 0 Å². The van der Waals surface area contributed by atoms with Gasteiger partial charge in [0.15, 0.2) is 5.82 Å². The maximum absolute atomic E-state index is 13.6. The predicted octanol–water partition coefficient (Wildman–Crippen LogP) is 2.71. The molecule has 0 radical (unpaired) electrons. The molecule has 0 saturated heterocycles. The van der Waals surface area contributed by atoms with Gasteiger partial charge in [0.2, 0.25) is 0 Å². The zero-order chi connectivity index (χ0) is 13.2. The molecule has 98 valence electrons. The molecule has 1 aliphatic carbocycles. The number of nitrogens with zero attached hydrogens (tertiary/aromatic N) is 1. The minimum Gasteiger partial charge on any atom is -0.380 e. The molecule has 1 aliphatic rings. The van der Waals surface area contributed by atoms with Gasteiger partial charge in [-0.1, -0.05) is 0 Å². The highest BCUT2D eigenvalue weighted by molar-refractivity contribution is 5.50. The van der Waals surface area contributed by atoms with Crippen molar-refractivity contribution in [3.63, 3.8) is 0 Å². The van der Waals surface area contributed by atoms with Gasteiger partial charge in [0.05, 0.1) is 22.3 Å². The fourth-order valence-electron chi connectivity index (χ4n) is 2.04. The van der Waals surface area contributed by atoms with Gasteiger partial charge in [-0.15, -0.1) is 0 Å². The summed E-state index contributed by atoms with van der Waals surface area (Å²) in [6, 6.07) is 3.59. The molecule has 0 bridgehead atoms. The largest absolute Gasteiger partial charge is 0.380 e. The van der Waals surface area contributed by atoms with Crippen molar-refractivity contribution in [3.05, 3.63) is 34.1 Å². The third-order valence-electron chi connectivity index (χ3n) is 3.46. The Balaban J connectivity index is 2.03. The number of nitro benzene ring substituents is 1. The number of non-ortho nitro benzene ring substituents is 1. The second-order valence-electron chi connectivity index (χ2n) is 4.52. The van der Waals surface area contributed by atoms with E-state index >= 15 is 0 Å². The van der Waals surface area contributed by atoms with Gasteiger partial charge in [-0.3, -0.25) is 10.1 Å². The molecule has 18 heavy (non-hydrogen) atoms. The second-order valence-corrected chi connectivity index (χ2v) is 4.52. The van der Waals surface area contributed by atoms with Crippen LogP contribution in [0.4, 0.5) is 15.8 Å². The maximum Gasteiger partial charge on any atom is 0.272 e.